The van der Waals surface area contributed by atoms with Crippen LogP contribution in [0.25, 0.3) is 11.0 Å². The minimum Gasteiger partial charge on any atom is -0.507 e. The predicted molar refractivity (Wildman–Crippen MR) is 99.3 cm³/mol. The van der Waals surface area contributed by atoms with Crippen molar-refractivity contribution < 1.29 is 19.1 Å². The van der Waals surface area contributed by atoms with Gasteiger partial charge in [-0.25, -0.2) is 4.79 Å². The van der Waals surface area contributed by atoms with E-state index in [-0.39, 0.29) is 29.1 Å². The molecule has 1 aromatic heterocycles. The molecule has 3 rings (SSSR count). The number of hydrogen-bond acceptors (Lipinski definition) is 5. The van der Waals surface area contributed by atoms with Crippen LogP contribution in [-0.4, -0.2) is 18.0 Å². The van der Waals surface area contributed by atoms with Crippen LogP contribution in [0.15, 0.2) is 51.7 Å². The van der Waals surface area contributed by atoms with Crippen LogP contribution in [0.4, 0.5) is 0 Å². The number of rotatable bonds is 5. The van der Waals surface area contributed by atoms with Gasteiger partial charge in [0.1, 0.15) is 22.9 Å². The maximum absolute atomic E-state index is 12.6. The molecule has 0 saturated carbocycles. The Balaban J connectivity index is 2.31. The highest BCUT2D eigenvalue weighted by atomic mass is 35.5. The molecule has 1 atom stereocenters. The van der Waals surface area contributed by atoms with Crippen molar-refractivity contribution in [3.05, 3.63) is 69.0 Å². The van der Waals surface area contributed by atoms with Gasteiger partial charge in [-0.1, -0.05) is 29.8 Å². The monoisotopic (exact) mass is 372 g/mol. The molecular weight excluding hydrogens is 356 g/mol. The first-order valence-corrected chi connectivity index (χ1v) is 8.37. The Kier molecular flexibility index (Phi) is 5.00. The van der Waals surface area contributed by atoms with Gasteiger partial charge in [0.05, 0.1) is 18.1 Å². The van der Waals surface area contributed by atoms with Gasteiger partial charge in [-0.05, 0) is 31.2 Å². The molecule has 6 heteroatoms. The highest BCUT2D eigenvalue weighted by Gasteiger charge is 2.28. The summed E-state index contributed by atoms with van der Waals surface area (Å²) < 4.78 is 10.7. The SMILES string of the molecule is COc1ccccc1C(CC(C)=O)c1c(O)c2cc(Cl)ccc2oc1=O. The zero-order valence-electron chi connectivity index (χ0n) is 14.3. The molecule has 3 aromatic rings. The lowest BCUT2D eigenvalue weighted by atomic mass is 9.86. The lowest BCUT2D eigenvalue weighted by molar-refractivity contribution is -0.117. The van der Waals surface area contributed by atoms with Gasteiger partial charge < -0.3 is 14.3 Å². The third-order valence-electron chi connectivity index (χ3n) is 4.23. The minimum absolute atomic E-state index is 0.0134. The van der Waals surface area contributed by atoms with Crippen molar-refractivity contribution in [3.63, 3.8) is 0 Å². The van der Waals surface area contributed by atoms with Gasteiger partial charge in [-0.15, -0.1) is 0 Å². The van der Waals surface area contributed by atoms with E-state index < -0.39 is 11.5 Å². The lowest BCUT2D eigenvalue weighted by Gasteiger charge is -2.19. The third-order valence-corrected chi connectivity index (χ3v) is 4.46. The topological polar surface area (TPSA) is 76.7 Å². The normalized spacial score (nSPS) is 12.1. The van der Waals surface area contributed by atoms with Crippen LogP contribution in [-0.2, 0) is 4.79 Å². The van der Waals surface area contributed by atoms with Crippen molar-refractivity contribution in [3.8, 4) is 11.5 Å². The second-order valence-electron chi connectivity index (χ2n) is 5.99. The Labute approximate surface area is 154 Å². The number of benzene rings is 2. The number of ether oxygens (including phenoxy) is 1. The summed E-state index contributed by atoms with van der Waals surface area (Å²) in [5, 5.41) is 11.5. The molecule has 0 amide bonds. The maximum atomic E-state index is 12.6. The molecule has 5 nitrogen and oxygen atoms in total. The second-order valence-corrected chi connectivity index (χ2v) is 6.43. The first-order chi connectivity index (χ1) is 12.4. The zero-order valence-corrected chi connectivity index (χ0v) is 15.0. The molecule has 0 spiro atoms. The molecule has 0 radical (unpaired) electrons. The highest BCUT2D eigenvalue weighted by Crippen LogP contribution is 2.39. The van der Waals surface area contributed by atoms with Crippen molar-refractivity contribution in [2.75, 3.05) is 7.11 Å². The number of fused-ring (bicyclic) bond motifs is 1. The Hall–Kier alpha value is -2.79. The smallest absolute Gasteiger partial charge is 0.343 e. The summed E-state index contributed by atoms with van der Waals surface area (Å²) in [5.74, 6) is -0.561. The summed E-state index contributed by atoms with van der Waals surface area (Å²) in [6, 6.07) is 11.7. The molecular formula is C20H17ClO5. The first kappa shape index (κ1) is 18.0. The summed E-state index contributed by atoms with van der Waals surface area (Å²) in [6.45, 7) is 1.43. The van der Waals surface area contributed by atoms with Gasteiger partial charge in [0, 0.05) is 22.9 Å². The number of ketones is 1. The Bertz CT molecular complexity index is 1040. The molecule has 1 N–H and O–H groups in total. The number of carbonyl (C=O) groups excluding carboxylic acids is 1. The molecule has 2 aromatic carbocycles. The number of para-hydroxylation sites is 1. The van der Waals surface area contributed by atoms with Gasteiger partial charge in [-0.3, -0.25) is 4.79 Å². The predicted octanol–water partition coefficient (Wildman–Crippen LogP) is 4.27. The van der Waals surface area contributed by atoms with Crippen molar-refractivity contribution >= 4 is 28.4 Å². The quantitative estimate of drug-likeness (QED) is 0.677. The van der Waals surface area contributed by atoms with E-state index in [1.54, 1.807) is 30.3 Å². The molecule has 0 aliphatic rings. The number of Topliss-reactive ketones (excluding diaryl/α,β-unsaturated/α-hetero) is 1. The van der Waals surface area contributed by atoms with E-state index in [2.05, 4.69) is 0 Å². The fourth-order valence-corrected chi connectivity index (χ4v) is 3.26. The standard InChI is InChI=1S/C20H17ClO5/c1-11(22)9-14(13-5-3-4-6-16(13)25-2)18-19(23)15-10-12(21)7-8-17(15)26-20(18)24/h3-8,10,14,23H,9H2,1-2H3. The molecule has 1 heterocycles. The van der Waals surface area contributed by atoms with Crippen LogP contribution in [0, 0.1) is 0 Å². The van der Waals surface area contributed by atoms with E-state index in [0.717, 1.165) is 0 Å². The van der Waals surface area contributed by atoms with Crippen LogP contribution >= 0.6 is 11.6 Å². The third kappa shape index (κ3) is 3.30. The van der Waals surface area contributed by atoms with Gasteiger partial charge in [0.15, 0.2) is 0 Å². The van der Waals surface area contributed by atoms with Crippen molar-refractivity contribution in [1.82, 2.24) is 0 Å². The van der Waals surface area contributed by atoms with Gasteiger partial charge in [-0.2, -0.15) is 0 Å². The fraction of sp³-hybridized carbons (Fsp3) is 0.200. The molecule has 0 bridgehead atoms. The molecule has 26 heavy (non-hydrogen) atoms. The molecule has 0 saturated heterocycles. The number of hydrogen-bond donors (Lipinski definition) is 1. The number of carbonyl (C=O) groups is 1. The van der Waals surface area contributed by atoms with Crippen LogP contribution in [0.3, 0.4) is 0 Å². The molecule has 134 valence electrons. The van der Waals surface area contributed by atoms with E-state index in [1.165, 1.54) is 26.2 Å². The van der Waals surface area contributed by atoms with E-state index in [9.17, 15) is 14.7 Å². The zero-order chi connectivity index (χ0) is 18.8. The van der Waals surface area contributed by atoms with Crippen molar-refractivity contribution in [2.24, 2.45) is 0 Å². The lowest BCUT2D eigenvalue weighted by Crippen LogP contribution is -2.17. The molecule has 0 fully saturated rings. The van der Waals surface area contributed by atoms with Crippen LogP contribution in [0.1, 0.15) is 30.4 Å². The van der Waals surface area contributed by atoms with Crippen LogP contribution < -0.4 is 10.4 Å². The summed E-state index contributed by atoms with van der Waals surface area (Å²) in [7, 11) is 1.51. The Morgan fingerprint density at radius 3 is 2.69 bits per heavy atom. The van der Waals surface area contributed by atoms with Crippen LogP contribution in [0.2, 0.25) is 5.02 Å². The Morgan fingerprint density at radius 2 is 2.00 bits per heavy atom. The average molecular weight is 373 g/mol. The summed E-state index contributed by atoms with van der Waals surface area (Å²) in [5.41, 5.74) is 0.158. The number of methoxy groups -OCH3 is 1. The summed E-state index contributed by atoms with van der Waals surface area (Å²) in [4.78, 5) is 24.5. The van der Waals surface area contributed by atoms with Gasteiger partial charge >= 0.3 is 5.63 Å². The van der Waals surface area contributed by atoms with Gasteiger partial charge in [0.2, 0.25) is 0 Å². The molecule has 1 unspecified atom stereocenters. The highest BCUT2D eigenvalue weighted by molar-refractivity contribution is 6.31. The molecule has 0 aliphatic carbocycles. The summed E-state index contributed by atoms with van der Waals surface area (Å²) >= 11 is 6.01. The van der Waals surface area contributed by atoms with Crippen LogP contribution in [0.5, 0.6) is 11.5 Å². The van der Waals surface area contributed by atoms with Gasteiger partial charge in [0.25, 0.3) is 0 Å². The number of halogens is 1. The maximum Gasteiger partial charge on any atom is 0.343 e. The van der Waals surface area contributed by atoms with E-state index in [1.807, 2.05) is 0 Å². The fourth-order valence-electron chi connectivity index (χ4n) is 3.09. The van der Waals surface area contributed by atoms with Crippen molar-refractivity contribution in [1.29, 1.82) is 0 Å². The van der Waals surface area contributed by atoms with E-state index in [4.69, 9.17) is 20.8 Å². The van der Waals surface area contributed by atoms with E-state index in [0.29, 0.717) is 21.7 Å². The summed E-state index contributed by atoms with van der Waals surface area (Å²) in [6.07, 6.45) is 0.0186. The van der Waals surface area contributed by atoms with E-state index >= 15 is 0 Å². The second kappa shape index (κ2) is 7.22. The average Bonchev–Trinajstić information content (AvgIpc) is 2.61. The Morgan fingerprint density at radius 1 is 1.27 bits per heavy atom. The first-order valence-electron chi connectivity index (χ1n) is 8.00. The molecule has 0 aliphatic heterocycles. The van der Waals surface area contributed by atoms with Crippen molar-refractivity contribution in [2.45, 2.75) is 19.3 Å². The number of aromatic hydroxyl groups is 1. The largest absolute Gasteiger partial charge is 0.507 e. The minimum atomic E-state index is -0.705.